The monoisotopic (exact) mass is 242 g/mol. The molecule has 1 aromatic heterocycles. The normalized spacial score (nSPS) is 20.0. The van der Waals surface area contributed by atoms with E-state index in [9.17, 15) is 4.79 Å². The van der Waals surface area contributed by atoms with Crippen molar-refractivity contribution in [1.29, 1.82) is 0 Å². The van der Waals surface area contributed by atoms with Gasteiger partial charge in [0, 0.05) is 11.0 Å². The lowest BCUT2D eigenvalue weighted by atomic mass is 9.81. The van der Waals surface area contributed by atoms with Gasteiger partial charge in [-0.1, -0.05) is 45.9 Å². The third-order valence-corrected chi connectivity index (χ3v) is 4.01. The van der Waals surface area contributed by atoms with E-state index < -0.39 is 0 Å². The molecule has 0 bridgehead atoms. The van der Waals surface area contributed by atoms with Crippen molar-refractivity contribution in [3.8, 4) is 0 Å². The van der Waals surface area contributed by atoms with E-state index in [0.717, 1.165) is 17.6 Å². The summed E-state index contributed by atoms with van der Waals surface area (Å²) in [5.74, 6) is 0.871. The van der Waals surface area contributed by atoms with Gasteiger partial charge >= 0.3 is 5.63 Å². The lowest BCUT2D eigenvalue weighted by Crippen LogP contribution is -2.18. The summed E-state index contributed by atoms with van der Waals surface area (Å²) in [4.78, 5) is 12.1. The van der Waals surface area contributed by atoms with E-state index in [1.807, 2.05) is 24.3 Å². The number of fused-ring (bicyclic) bond motifs is 3. The van der Waals surface area contributed by atoms with Crippen LogP contribution in [0.3, 0.4) is 0 Å². The lowest BCUT2D eigenvalue weighted by Gasteiger charge is -2.21. The Labute approximate surface area is 107 Å². The van der Waals surface area contributed by atoms with E-state index in [0.29, 0.717) is 5.39 Å². The summed E-state index contributed by atoms with van der Waals surface area (Å²) in [7, 11) is 0. The topological polar surface area (TPSA) is 30.2 Å². The molecular weight excluding hydrogens is 224 g/mol. The summed E-state index contributed by atoms with van der Waals surface area (Å²) < 4.78 is 5.63. The minimum Gasteiger partial charge on any atom is -0.427 e. The zero-order chi connectivity index (χ0) is 13.1. The minimum absolute atomic E-state index is 0.0512. The molecule has 2 heteroatoms. The van der Waals surface area contributed by atoms with Crippen molar-refractivity contribution in [3.63, 3.8) is 0 Å². The standard InChI is InChI=1S/C16H18O2/c1-15(2)9-16(3,4)13-12(15)10-7-5-6-8-11(10)14(17)18-13/h5-8H,9H2,1-4H3. The number of rotatable bonds is 0. The Bertz CT molecular complexity index is 690. The number of hydrogen-bond acceptors (Lipinski definition) is 2. The van der Waals surface area contributed by atoms with Crippen molar-refractivity contribution in [3.05, 3.63) is 46.0 Å². The quantitative estimate of drug-likeness (QED) is 0.704. The molecule has 0 unspecified atom stereocenters. The van der Waals surface area contributed by atoms with Crippen LogP contribution in [0, 0.1) is 0 Å². The Hall–Kier alpha value is -1.57. The van der Waals surface area contributed by atoms with Gasteiger partial charge in [-0.05, 0) is 23.3 Å². The van der Waals surface area contributed by atoms with Crippen molar-refractivity contribution in [2.45, 2.75) is 44.9 Å². The fourth-order valence-electron chi connectivity index (χ4n) is 3.62. The highest BCUT2D eigenvalue weighted by atomic mass is 16.4. The summed E-state index contributed by atoms with van der Waals surface area (Å²) in [5, 5.41) is 1.75. The van der Waals surface area contributed by atoms with Crippen LogP contribution in [0.5, 0.6) is 0 Å². The SMILES string of the molecule is CC1(C)CC(C)(C)c2c1oc(=O)c1ccccc21. The molecule has 0 radical (unpaired) electrons. The first kappa shape index (κ1) is 11.5. The lowest BCUT2D eigenvalue weighted by molar-refractivity contribution is 0.346. The molecule has 2 nitrogen and oxygen atoms in total. The van der Waals surface area contributed by atoms with E-state index in [1.54, 1.807) is 0 Å². The van der Waals surface area contributed by atoms with Crippen LogP contribution in [0.4, 0.5) is 0 Å². The van der Waals surface area contributed by atoms with Gasteiger partial charge in [0.1, 0.15) is 5.76 Å². The second kappa shape index (κ2) is 3.25. The Kier molecular flexibility index (Phi) is 2.08. The third-order valence-electron chi connectivity index (χ3n) is 4.01. The van der Waals surface area contributed by atoms with Crippen LogP contribution in [0.1, 0.15) is 45.4 Å². The molecule has 0 N–H and O–H groups in total. The maximum atomic E-state index is 12.1. The summed E-state index contributed by atoms with van der Waals surface area (Å²) in [6.45, 7) is 8.76. The van der Waals surface area contributed by atoms with Crippen LogP contribution < -0.4 is 5.63 Å². The maximum Gasteiger partial charge on any atom is 0.343 e. The van der Waals surface area contributed by atoms with Crippen LogP contribution in [-0.4, -0.2) is 0 Å². The molecule has 0 saturated heterocycles. The summed E-state index contributed by atoms with van der Waals surface area (Å²) >= 11 is 0. The van der Waals surface area contributed by atoms with Gasteiger partial charge in [-0.2, -0.15) is 0 Å². The van der Waals surface area contributed by atoms with Gasteiger partial charge in [-0.25, -0.2) is 4.79 Å². The molecular formula is C16H18O2. The van der Waals surface area contributed by atoms with Crippen molar-refractivity contribution in [2.24, 2.45) is 0 Å². The molecule has 0 amide bonds. The Morgan fingerprint density at radius 2 is 1.61 bits per heavy atom. The average molecular weight is 242 g/mol. The molecule has 1 heterocycles. The summed E-state index contributed by atoms with van der Waals surface area (Å²) in [6, 6.07) is 7.76. The molecule has 0 aliphatic heterocycles. The molecule has 1 aliphatic carbocycles. The van der Waals surface area contributed by atoms with Crippen LogP contribution in [-0.2, 0) is 10.8 Å². The predicted molar refractivity (Wildman–Crippen MR) is 73.2 cm³/mol. The molecule has 18 heavy (non-hydrogen) atoms. The zero-order valence-electron chi connectivity index (χ0n) is 11.3. The van der Waals surface area contributed by atoms with Gasteiger partial charge < -0.3 is 4.42 Å². The molecule has 0 saturated carbocycles. The summed E-state index contributed by atoms with van der Waals surface area (Å²) in [5.41, 5.74) is 0.982. The molecule has 0 atom stereocenters. The first-order valence-electron chi connectivity index (χ1n) is 6.40. The van der Waals surface area contributed by atoms with Gasteiger partial charge in [0.05, 0.1) is 5.39 Å². The molecule has 3 rings (SSSR count). The van der Waals surface area contributed by atoms with E-state index >= 15 is 0 Å². The van der Waals surface area contributed by atoms with Crippen molar-refractivity contribution in [2.75, 3.05) is 0 Å². The molecule has 94 valence electrons. The number of benzene rings is 1. The predicted octanol–water partition coefficient (Wildman–Crippen LogP) is 3.75. The average Bonchev–Trinajstić information content (AvgIpc) is 2.45. The molecule has 0 spiro atoms. The van der Waals surface area contributed by atoms with Crippen LogP contribution in [0.2, 0.25) is 0 Å². The van der Waals surface area contributed by atoms with Crippen molar-refractivity contribution in [1.82, 2.24) is 0 Å². The highest BCUT2D eigenvalue weighted by Gasteiger charge is 2.45. The first-order valence-corrected chi connectivity index (χ1v) is 6.40. The molecule has 0 fully saturated rings. The fourth-order valence-corrected chi connectivity index (χ4v) is 3.62. The Balaban J connectivity index is 2.54. The van der Waals surface area contributed by atoms with Gasteiger partial charge in [-0.3, -0.25) is 0 Å². The molecule has 2 aromatic rings. The Morgan fingerprint density at radius 3 is 2.28 bits per heavy atom. The van der Waals surface area contributed by atoms with E-state index in [4.69, 9.17) is 4.42 Å². The number of hydrogen-bond donors (Lipinski definition) is 0. The van der Waals surface area contributed by atoms with Crippen LogP contribution in [0.25, 0.3) is 10.8 Å². The smallest absolute Gasteiger partial charge is 0.343 e. The van der Waals surface area contributed by atoms with Gasteiger partial charge in [0.25, 0.3) is 0 Å². The zero-order valence-corrected chi connectivity index (χ0v) is 11.3. The second-order valence-corrected chi connectivity index (χ2v) is 6.58. The van der Waals surface area contributed by atoms with E-state index in [2.05, 4.69) is 27.7 Å². The summed E-state index contributed by atoms with van der Waals surface area (Å²) in [6.07, 6.45) is 1.01. The molecule has 1 aromatic carbocycles. The largest absolute Gasteiger partial charge is 0.427 e. The van der Waals surface area contributed by atoms with Crippen LogP contribution in [0.15, 0.2) is 33.5 Å². The fraction of sp³-hybridized carbons (Fsp3) is 0.438. The molecule has 1 aliphatic rings. The van der Waals surface area contributed by atoms with E-state index in [-0.39, 0.29) is 16.5 Å². The van der Waals surface area contributed by atoms with Crippen LogP contribution >= 0.6 is 0 Å². The van der Waals surface area contributed by atoms with Gasteiger partial charge in [0.15, 0.2) is 0 Å². The first-order chi connectivity index (χ1) is 8.33. The van der Waals surface area contributed by atoms with E-state index in [1.165, 1.54) is 5.56 Å². The third kappa shape index (κ3) is 1.38. The van der Waals surface area contributed by atoms with Crippen molar-refractivity contribution < 1.29 is 4.42 Å². The highest BCUT2D eigenvalue weighted by Crippen LogP contribution is 2.50. The van der Waals surface area contributed by atoms with Gasteiger partial charge in [0.2, 0.25) is 0 Å². The van der Waals surface area contributed by atoms with Crippen molar-refractivity contribution >= 4 is 10.8 Å². The highest BCUT2D eigenvalue weighted by molar-refractivity contribution is 5.86. The minimum atomic E-state index is -0.213. The second-order valence-electron chi connectivity index (χ2n) is 6.58. The maximum absolute atomic E-state index is 12.1. The van der Waals surface area contributed by atoms with Gasteiger partial charge in [-0.15, -0.1) is 0 Å². The Morgan fingerprint density at radius 1 is 1.00 bits per heavy atom.